The highest BCUT2D eigenvalue weighted by atomic mass is 35.5. The molecule has 0 spiro atoms. The van der Waals surface area contributed by atoms with E-state index in [1.54, 1.807) is 30.3 Å². The summed E-state index contributed by atoms with van der Waals surface area (Å²) in [7, 11) is -3.83. The van der Waals surface area contributed by atoms with Gasteiger partial charge in [-0.1, -0.05) is 79.2 Å². The number of carbonyl (C=O) groups excluding carboxylic acids is 2. The number of rotatable bonds is 12. The number of benzene rings is 3. The predicted molar refractivity (Wildman–Crippen MR) is 157 cm³/mol. The molecular weight excluding hydrogens is 534 g/mol. The predicted octanol–water partition coefficient (Wildman–Crippen LogP) is 4.89. The maximum absolute atomic E-state index is 14.1. The number of carbonyl (C=O) groups is 2. The van der Waals surface area contributed by atoms with Crippen molar-refractivity contribution in [1.82, 2.24) is 10.2 Å². The summed E-state index contributed by atoms with van der Waals surface area (Å²) < 4.78 is 27.0. The molecule has 0 saturated carbocycles. The second-order valence-electron chi connectivity index (χ2n) is 9.60. The minimum Gasteiger partial charge on any atom is -0.354 e. The number of hydrogen-bond donors (Lipinski definition) is 1. The van der Waals surface area contributed by atoms with Gasteiger partial charge in [0.25, 0.3) is 0 Å². The molecule has 0 heterocycles. The Morgan fingerprint density at radius 2 is 1.62 bits per heavy atom. The van der Waals surface area contributed by atoms with Gasteiger partial charge in [0.2, 0.25) is 21.8 Å². The van der Waals surface area contributed by atoms with Gasteiger partial charge < -0.3 is 10.2 Å². The molecule has 3 rings (SSSR count). The number of halogens is 1. The lowest BCUT2D eigenvalue weighted by molar-refractivity contribution is -0.140. The first-order valence-corrected chi connectivity index (χ1v) is 15.1. The van der Waals surface area contributed by atoms with Gasteiger partial charge in [0.1, 0.15) is 12.6 Å². The number of hydrogen-bond acceptors (Lipinski definition) is 4. The quantitative estimate of drug-likeness (QED) is 0.336. The molecule has 1 atom stereocenters. The van der Waals surface area contributed by atoms with E-state index in [0.29, 0.717) is 22.8 Å². The fourth-order valence-electron chi connectivity index (χ4n) is 4.33. The highest BCUT2D eigenvalue weighted by Crippen LogP contribution is 2.26. The molecule has 2 amide bonds. The number of aryl methyl sites for hydroxylation is 1. The molecule has 0 aliphatic rings. The number of anilines is 1. The number of nitrogens with one attached hydrogen (secondary N) is 1. The van der Waals surface area contributed by atoms with Crippen LogP contribution in [0.3, 0.4) is 0 Å². The first-order chi connectivity index (χ1) is 18.5. The summed E-state index contributed by atoms with van der Waals surface area (Å²) in [4.78, 5) is 29.0. The van der Waals surface area contributed by atoms with Crippen LogP contribution in [-0.4, -0.2) is 50.5 Å². The molecule has 0 saturated heterocycles. The van der Waals surface area contributed by atoms with E-state index in [9.17, 15) is 18.0 Å². The lowest BCUT2D eigenvalue weighted by Crippen LogP contribution is -2.53. The molecule has 9 heteroatoms. The van der Waals surface area contributed by atoms with Gasteiger partial charge in [0.15, 0.2) is 0 Å². The van der Waals surface area contributed by atoms with Crippen molar-refractivity contribution >= 4 is 39.1 Å². The second-order valence-corrected chi connectivity index (χ2v) is 11.9. The zero-order chi connectivity index (χ0) is 28.6. The maximum Gasteiger partial charge on any atom is 0.244 e. The summed E-state index contributed by atoms with van der Waals surface area (Å²) >= 11 is 6.47. The molecule has 208 valence electrons. The largest absolute Gasteiger partial charge is 0.354 e. The fraction of sp³-hybridized carbons (Fsp3) is 0.333. The molecule has 0 fully saturated rings. The van der Waals surface area contributed by atoms with E-state index in [0.717, 1.165) is 33.7 Å². The first-order valence-electron chi connectivity index (χ1n) is 12.9. The fourth-order valence-corrected chi connectivity index (χ4v) is 5.43. The van der Waals surface area contributed by atoms with Crippen LogP contribution >= 0.6 is 11.6 Å². The Kier molecular flexibility index (Phi) is 10.5. The van der Waals surface area contributed by atoms with Crippen LogP contribution in [-0.2, 0) is 32.6 Å². The summed E-state index contributed by atoms with van der Waals surface area (Å²) in [6, 6.07) is 21.0. The second kappa shape index (κ2) is 13.6. The van der Waals surface area contributed by atoms with Crippen LogP contribution in [0.4, 0.5) is 5.69 Å². The zero-order valence-corrected chi connectivity index (χ0v) is 24.4. The number of amides is 2. The first kappa shape index (κ1) is 30.2. The van der Waals surface area contributed by atoms with Gasteiger partial charge >= 0.3 is 0 Å². The van der Waals surface area contributed by atoms with Crippen molar-refractivity contribution in [3.63, 3.8) is 0 Å². The van der Waals surface area contributed by atoms with Crippen molar-refractivity contribution in [3.05, 3.63) is 100 Å². The van der Waals surface area contributed by atoms with E-state index in [1.807, 2.05) is 63.2 Å². The van der Waals surface area contributed by atoms with Gasteiger partial charge in [-0.2, -0.15) is 0 Å². The van der Waals surface area contributed by atoms with E-state index >= 15 is 0 Å². The average Bonchev–Trinajstić information content (AvgIpc) is 2.90. The van der Waals surface area contributed by atoms with Crippen molar-refractivity contribution in [2.45, 2.75) is 46.2 Å². The highest BCUT2D eigenvalue weighted by Gasteiger charge is 2.33. The molecule has 3 aromatic rings. The van der Waals surface area contributed by atoms with Crippen LogP contribution < -0.4 is 9.62 Å². The van der Waals surface area contributed by atoms with E-state index in [-0.39, 0.29) is 18.9 Å². The molecule has 39 heavy (non-hydrogen) atoms. The third-order valence-electron chi connectivity index (χ3n) is 6.64. The summed E-state index contributed by atoms with van der Waals surface area (Å²) in [6.07, 6.45) is 2.07. The van der Waals surface area contributed by atoms with Gasteiger partial charge in [0.05, 0.1) is 11.9 Å². The topological polar surface area (TPSA) is 86.8 Å². The Labute approximate surface area is 236 Å². The van der Waals surface area contributed by atoms with Crippen LogP contribution in [0.1, 0.15) is 35.6 Å². The van der Waals surface area contributed by atoms with Gasteiger partial charge in [0, 0.05) is 24.5 Å². The molecule has 3 aromatic carbocycles. The molecule has 1 N–H and O–H groups in total. The van der Waals surface area contributed by atoms with Gasteiger partial charge in [-0.25, -0.2) is 8.42 Å². The summed E-state index contributed by atoms with van der Waals surface area (Å²) in [5.74, 6) is -0.812. The minimum atomic E-state index is -3.83. The molecule has 0 aromatic heterocycles. The van der Waals surface area contributed by atoms with Gasteiger partial charge in [-0.15, -0.1) is 0 Å². The Hall–Kier alpha value is -3.36. The Balaban J connectivity index is 2.08. The molecule has 0 bridgehead atoms. The lowest BCUT2D eigenvalue weighted by Gasteiger charge is -2.34. The molecular formula is C30H36ClN3O4S. The molecule has 0 aliphatic heterocycles. The van der Waals surface area contributed by atoms with E-state index < -0.39 is 28.5 Å². The summed E-state index contributed by atoms with van der Waals surface area (Å²) in [6.45, 7) is 5.70. The SMILES string of the molecule is CCCNC(=O)C(Cc1ccccc1)N(Cc1ccccc1Cl)C(=O)CN(c1cccc(C)c1C)S(C)(=O)=O. The Morgan fingerprint density at radius 1 is 0.949 bits per heavy atom. The summed E-state index contributed by atoms with van der Waals surface area (Å²) in [5.41, 5.74) is 3.63. The molecule has 0 aliphatic carbocycles. The highest BCUT2D eigenvalue weighted by molar-refractivity contribution is 7.92. The van der Waals surface area contributed by atoms with Gasteiger partial charge in [-0.3, -0.25) is 13.9 Å². The number of nitrogens with zero attached hydrogens (tertiary/aromatic N) is 2. The van der Waals surface area contributed by atoms with E-state index in [1.165, 1.54) is 4.90 Å². The van der Waals surface area contributed by atoms with Crippen molar-refractivity contribution in [2.24, 2.45) is 0 Å². The average molecular weight is 570 g/mol. The van der Waals surface area contributed by atoms with E-state index in [4.69, 9.17) is 11.6 Å². The van der Waals surface area contributed by atoms with Crippen LogP contribution in [0.5, 0.6) is 0 Å². The zero-order valence-electron chi connectivity index (χ0n) is 22.9. The van der Waals surface area contributed by atoms with Crippen molar-refractivity contribution in [1.29, 1.82) is 0 Å². The molecule has 0 radical (unpaired) electrons. The maximum atomic E-state index is 14.1. The van der Waals surface area contributed by atoms with Crippen LogP contribution in [0.2, 0.25) is 5.02 Å². The Bertz CT molecular complexity index is 1400. The standard InChI is InChI=1S/C30H36ClN3O4S/c1-5-18-32-30(36)28(19-24-13-7-6-8-14-24)33(20-25-15-9-10-16-26(25)31)29(35)21-34(39(4,37)38)27-17-11-12-22(2)23(27)3/h6-17,28H,5,18-21H2,1-4H3,(H,32,36). The lowest BCUT2D eigenvalue weighted by atomic mass is 10.0. The molecule has 7 nitrogen and oxygen atoms in total. The monoisotopic (exact) mass is 569 g/mol. The van der Waals surface area contributed by atoms with E-state index in [2.05, 4.69) is 5.32 Å². The normalized spacial score (nSPS) is 12.0. The molecule has 1 unspecified atom stereocenters. The van der Waals surface area contributed by atoms with Crippen molar-refractivity contribution in [2.75, 3.05) is 23.7 Å². The van der Waals surface area contributed by atoms with Crippen LogP contribution in [0, 0.1) is 13.8 Å². The van der Waals surface area contributed by atoms with Crippen LogP contribution in [0.25, 0.3) is 0 Å². The van der Waals surface area contributed by atoms with Crippen molar-refractivity contribution < 1.29 is 18.0 Å². The summed E-state index contributed by atoms with van der Waals surface area (Å²) in [5, 5.41) is 3.38. The Morgan fingerprint density at radius 3 is 2.26 bits per heavy atom. The third-order valence-corrected chi connectivity index (χ3v) is 8.14. The third kappa shape index (κ3) is 8.07. The van der Waals surface area contributed by atoms with Gasteiger partial charge in [-0.05, 0) is 54.7 Å². The number of sulfonamides is 1. The minimum absolute atomic E-state index is 0.0416. The smallest absolute Gasteiger partial charge is 0.244 e. The van der Waals surface area contributed by atoms with Crippen LogP contribution in [0.15, 0.2) is 72.8 Å². The van der Waals surface area contributed by atoms with Crippen molar-refractivity contribution in [3.8, 4) is 0 Å².